The maximum Gasteiger partial charge on any atom is 0.246 e. The summed E-state index contributed by atoms with van der Waals surface area (Å²) in [5.41, 5.74) is 3.86. The molecule has 1 fully saturated rings. The van der Waals surface area contributed by atoms with Crippen LogP contribution in [0.2, 0.25) is 0 Å². The van der Waals surface area contributed by atoms with E-state index in [0.717, 1.165) is 25.2 Å². The number of rotatable bonds is 1. The van der Waals surface area contributed by atoms with Crippen molar-refractivity contribution in [3.8, 4) is 0 Å². The molecule has 4 heteroatoms. The Balaban J connectivity index is 0.000000960. The summed E-state index contributed by atoms with van der Waals surface area (Å²) in [4.78, 5) is 19.1. The first kappa shape index (κ1) is 13.1. The van der Waals surface area contributed by atoms with E-state index in [-0.39, 0.29) is 8.76 Å². The summed E-state index contributed by atoms with van der Waals surface area (Å²) in [5, 5.41) is 0. The van der Waals surface area contributed by atoms with Gasteiger partial charge in [0.25, 0.3) is 0 Å². The number of carbonyl (C=O) groups excluding carboxylic acids is 1. The van der Waals surface area contributed by atoms with E-state index in [1.165, 1.54) is 11.3 Å². The first-order valence-corrected chi connectivity index (χ1v) is 7.98. The van der Waals surface area contributed by atoms with Gasteiger partial charge in [0, 0.05) is 41.0 Å². The van der Waals surface area contributed by atoms with Crippen LogP contribution in [0.5, 0.6) is 0 Å². The fraction of sp³-hybridized carbons (Fsp3) is 0.588. The Labute approximate surface area is 129 Å². The van der Waals surface area contributed by atoms with Gasteiger partial charge in [-0.1, -0.05) is 12.1 Å². The van der Waals surface area contributed by atoms with Crippen LogP contribution in [0.1, 0.15) is 34.6 Å². The highest BCUT2D eigenvalue weighted by molar-refractivity contribution is 6.04. The Morgan fingerprint density at radius 2 is 2.14 bits per heavy atom. The van der Waals surface area contributed by atoms with Crippen molar-refractivity contribution in [2.75, 3.05) is 36.5 Å². The molecule has 2 atom stereocenters. The van der Waals surface area contributed by atoms with Gasteiger partial charge >= 0.3 is 0 Å². The van der Waals surface area contributed by atoms with Crippen LogP contribution in [-0.2, 0) is 4.79 Å². The Morgan fingerprint density at radius 3 is 2.90 bits per heavy atom. The molecule has 0 aromatic heterocycles. The summed E-state index contributed by atoms with van der Waals surface area (Å²) in [6.07, 6.45) is 1.16. The van der Waals surface area contributed by atoms with Crippen LogP contribution >= 0.6 is 0 Å². The largest absolute Gasteiger partial charge is 0.357 e. The molecular weight excluding hydrogens is 262 g/mol. The minimum atomic E-state index is 0. The van der Waals surface area contributed by atoms with Gasteiger partial charge in [0.2, 0.25) is 5.91 Å². The molecule has 0 bridgehead atoms. The highest BCUT2D eigenvalue weighted by Crippen LogP contribution is 2.50. The van der Waals surface area contributed by atoms with Crippen molar-refractivity contribution in [2.24, 2.45) is 0 Å². The number of hydrogen-bond acceptors (Lipinski definition) is 3. The first-order valence-electron chi connectivity index (χ1n) is 7.98. The van der Waals surface area contributed by atoms with E-state index in [4.69, 9.17) is 0 Å². The third kappa shape index (κ3) is 1.75. The Bertz CT molecular complexity index is 608. The average molecular weight is 289 g/mol. The highest BCUT2D eigenvalue weighted by Gasteiger charge is 2.46. The quantitative estimate of drug-likeness (QED) is 0.795. The predicted octanol–water partition coefficient (Wildman–Crippen LogP) is 2.54. The number of benzene rings is 1. The molecule has 0 aliphatic carbocycles. The molecule has 3 heterocycles. The second kappa shape index (κ2) is 4.47. The SMILES string of the molecule is CC(C)N1CCC2C(C1)c1cccc3c1N2CC(=O)N3C.[HH].[HH]. The molecule has 116 valence electrons. The number of nitrogens with zero attached hydrogens (tertiary/aromatic N) is 3. The van der Waals surface area contributed by atoms with Gasteiger partial charge in [-0.3, -0.25) is 4.79 Å². The van der Waals surface area contributed by atoms with Gasteiger partial charge in [-0.05, 0) is 31.9 Å². The number of piperidine rings is 1. The van der Waals surface area contributed by atoms with Gasteiger partial charge in [-0.15, -0.1) is 0 Å². The zero-order valence-electron chi connectivity index (χ0n) is 13.0. The van der Waals surface area contributed by atoms with Crippen molar-refractivity contribution < 1.29 is 7.65 Å². The van der Waals surface area contributed by atoms with E-state index < -0.39 is 0 Å². The molecule has 4 nitrogen and oxygen atoms in total. The number of fused-ring (bicyclic) bond motifs is 3. The Hall–Kier alpha value is -1.55. The zero-order valence-corrected chi connectivity index (χ0v) is 13.0. The molecule has 1 aromatic carbocycles. The fourth-order valence-electron chi connectivity index (χ4n) is 4.29. The van der Waals surface area contributed by atoms with Crippen molar-refractivity contribution in [2.45, 2.75) is 38.3 Å². The summed E-state index contributed by atoms with van der Waals surface area (Å²) in [6, 6.07) is 7.57. The van der Waals surface area contributed by atoms with E-state index in [0.29, 0.717) is 24.5 Å². The molecule has 0 spiro atoms. The molecule has 1 amide bonds. The molecule has 0 N–H and O–H groups in total. The Morgan fingerprint density at radius 1 is 1.33 bits per heavy atom. The van der Waals surface area contributed by atoms with E-state index in [1.54, 1.807) is 0 Å². The van der Waals surface area contributed by atoms with Crippen LogP contribution in [0, 0.1) is 0 Å². The van der Waals surface area contributed by atoms with E-state index in [1.807, 2.05) is 11.9 Å². The summed E-state index contributed by atoms with van der Waals surface area (Å²) in [6.45, 7) is 7.36. The summed E-state index contributed by atoms with van der Waals surface area (Å²) in [5.74, 6) is 0.766. The van der Waals surface area contributed by atoms with Gasteiger partial charge in [-0.25, -0.2) is 0 Å². The number of hydrogen-bond donors (Lipinski definition) is 0. The molecule has 3 aliphatic rings. The lowest BCUT2D eigenvalue weighted by Crippen LogP contribution is -2.52. The normalized spacial score (nSPS) is 28.1. The highest BCUT2D eigenvalue weighted by atomic mass is 16.2. The molecule has 3 aliphatic heterocycles. The van der Waals surface area contributed by atoms with E-state index in [9.17, 15) is 4.79 Å². The van der Waals surface area contributed by atoms with Crippen LogP contribution in [0.15, 0.2) is 18.2 Å². The van der Waals surface area contributed by atoms with Gasteiger partial charge in [0.15, 0.2) is 0 Å². The average Bonchev–Trinajstić information content (AvgIpc) is 2.79. The number of para-hydroxylation sites is 1. The maximum absolute atomic E-state index is 12.3. The lowest BCUT2D eigenvalue weighted by molar-refractivity contribution is -0.117. The lowest BCUT2D eigenvalue weighted by Gasteiger charge is -2.42. The molecular formula is C17H27N3O. The zero-order chi connectivity index (χ0) is 14.7. The lowest BCUT2D eigenvalue weighted by atomic mass is 9.88. The second-order valence-electron chi connectivity index (χ2n) is 6.85. The van der Waals surface area contributed by atoms with Crippen molar-refractivity contribution >= 4 is 17.3 Å². The monoisotopic (exact) mass is 289 g/mol. The van der Waals surface area contributed by atoms with Gasteiger partial charge in [0.1, 0.15) is 0 Å². The predicted molar refractivity (Wildman–Crippen MR) is 89.3 cm³/mol. The third-order valence-electron chi connectivity index (χ3n) is 5.51. The number of anilines is 2. The number of carbonyl (C=O) groups is 1. The van der Waals surface area contributed by atoms with Gasteiger partial charge in [0.05, 0.1) is 17.9 Å². The first-order chi connectivity index (χ1) is 10.1. The minimum absolute atomic E-state index is 0. The summed E-state index contributed by atoms with van der Waals surface area (Å²) < 4.78 is 0. The number of amides is 1. The maximum atomic E-state index is 12.3. The molecule has 2 unspecified atom stereocenters. The molecule has 4 rings (SSSR count). The smallest absolute Gasteiger partial charge is 0.246 e. The van der Waals surface area contributed by atoms with Crippen molar-refractivity contribution in [3.63, 3.8) is 0 Å². The number of likely N-dealkylation sites (N-methyl/N-ethyl adjacent to an activating group) is 1. The minimum Gasteiger partial charge on any atom is -0.357 e. The van der Waals surface area contributed by atoms with Crippen molar-refractivity contribution in [1.82, 2.24) is 4.90 Å². The second-order valence-corrected chi connectivity index (χ2v) is 6.85. The topological polar surface area (TPSA) is 26.8 Å². The summed E-state index contributed by atoms with van der Waals surface area (Å²) in [7, 11) is 1.90. The van der Waals surface area contributed by atoms with E-state index >= 15 is 0 Å². The van der Waals surface area contributed by atoms with Crippen LogP contribution < -0.4 is 9.80 Å². The number of likely N-dealkylation sites (tertiary alicyclic amines) is 1. The molecule has 21 heavy (non-hydrogen) atoms. The molecule has 1 saturated heterocycles. The van der Waals surface area contributed by atoms with Crippen molar-refractivity contribution in [3.05, 3.63) is 23.8 Å². The molecule has 0 radical (unpaired) electrons. The van der Waals surface area contributed by atoms with Crippen LogP contribution in [0.3, 0.4) is 0 Å². The van der Waals surface area contributed by atoms with Crippen LogP contribution in [0.4, 0.5) is 11.4 Å². The van der Waals surface area contributed by atoms with Crippen LogP contribution in [0.25, 0.3) is 0 Å². The summed E-state index contributed by atoms with van der Waals surface area (Å²) >= 11 is 0. The fourth-order valence-corrected chi connectivity index (χ4v) is 4.29. The van der Waals surface area contributed by atoms with Gasteiger partial charge < -0.3 is 14.7 Å². The van der Waals surface area contributed by atoms with Gasteiger partial charge in [-0.2, -0.15) is 0 Å². The molecule has 1 aromatic rings. The van der Waals surface area contributed by atoms with Crippen molar-refractivity contribution in [1.29, 1.82) is 0 Å². The van der Waals surface area contributed by atoms with Crippen LogP contribution in [-0.4, -0.2) is 49.6 Å². The third-order valence-corrected chi connectivity index (χ3v) is 5.51. The Kier molecular flexibility index (Phi) is 2.80. The standard InChI is InChI=1S/C17H23N3O.2H2/c1-11(2)19-8-7-14-13(9-19)12-5-4-6-15-17(12)20(14)10-16(21)18(15)3;;/h4-6,11,13-14H,7-10H2,1-3H3;2*1H. The molecule has 0 saturated carbocycles. The van der Waals surface area contributed by atoms with E-state index in [2.05, 4.69) is 41.8 Å².